The molecule has 0 unspecified atom stereocenters. The van der Waals surface area contributed by atoms with Crippen molar-refractivity contribution in [2.45, 2.75) is 6.92 Å². The van der Waals surface area contributed by atoms with Gasteiger partial charge in [0.05, 0.1) is 19.6 Å². The summed E-state index contributed by atoms with van der Waals surface area (Å²) in [6.07, 6.45) is 3.45. The SMILES string of the molecule is CCN=c1scc(-c2ccco2)n1N=Cc1ccc(OC)cc1. The highest BCUT2D eigenvalue weighted by molar-refractivity contribution is 7.07. The van der Waals surface area contributed by atoms with Crippen molar-refractivity contribution in [3.8, 4) is 17.2 Å². The van der Waals surface area contributed by atoms with Crippen LogP contribution in [0.25, 0.3) is 11.5 Å². The summed E-state index contributed by atoms with van der Waals surface area (Å²) in [5.74, 6) is 1.59. The zero-order chi connectivity index (χ0) is 16.1. The quantitative estimate of drug-likeness (QED) is 0.672. The Balaban J connectivity index is 1.98. The highest BCUT2D eigenvalue weighted by Crippen LogP contribution is 2.20. The van der Waals surface area contributed by atoms with Crippen LogP contribution in [0.1, 0.15) is 12.5 Å². The van der Waals surface area contributed by atoms with Gasteiger partial charge in [-0.2, -0.15) is 5.10 Å². The normalized spacial score (nSPS) is 12.2. The molecule has 0 N–H and O–H groups in total. The second kappa shape index (κ2) is 7.11. The minimum Gasteiger partial charge on any atom is -0.497 e. The standard InChI is InChI=1S/C17H17N3O2S/c1-3-18-17-20(15(12-23-17)16-5-4-10-22-16)19-11-13-6-8-14(21-2)9-7-13/h4-12H,3H2,1-2H3. The molecule has 0 aliphatic heterocycles. The Labute approximate surface area is 138 Å². The van der Waals surface area contributed by atoms with Gasteiger partial charge in [-0.3, -0.25) is 4.99 Å². The lowest BCUT2D eigenvalue weighted by molar-refractivity contribution is 0.415. The van der Waals surface area contributed by atoms with E-state index in [-0.39, 0.29) is 0 Å². The third-order valence-electron chi connectivity index (χ3n) is 3.19. The van der Waals surface area contributed by atoms with Crippen LogP contribution in [0.3, 0.4) is 0 Å². The molecule has 0 radical (unpaired) electrons. The predicted molar refractivity (Wildman–Crippen MR) is 92.1 cm³/mol. The summed E-state index contributed by atoms with van der Waals surface area (Å²) >= 11 is 1.54. The zero-order valence-electron chi connectivity index (χ0n) is 13.0. The summed E-state index contributed by atoms with van der Waals surface area (Å²) in [6, 6.07) is 11.5. The Morgan fingerprint density at radius 2 is 2.09 bits per heavy atom. The molecule has 0 saturated heterocycles. The van der Waals surface area contributed by atoms with E-state index in [0.29, 0.717) is 6.54 Å². The number of aromatic nitrogens is 1. The molecule has 2 aromatic heterocycles. The van der Waals surface area contributed by atoms with Gasteiger partial charge in [0.15, 0.2) is 5.76 Å². The first kappa shape index (κ1) is 15.3. The van der Waals surface area contributed by atoms with Gasteiger partial charge in [0, 0.05) is 11.9 Å². The number of nitrogens with zero attached hydrogens (tertiary/aromatic N) is 3. The number of furan rings is 1. The van der Waals surface area contributed by atoms with Crippen LogP contribution in [0.5, 0.6) is 5.75 Å². The maximum Gasteiger partial charge on any atom is 0.206 e. The van der Waals surface area contributed by atoms with Crippen molar-refractivity contribution in [3.63, 3.8) is 0 Å². The molecular formula is C17H17N3O2S. The van der Waals surface area contributed by atoms with E-state index < -0.39 is 0 Å². The minimum atomic E-state index is 0.705. The van der Waals surface area contributed by atoms with Crippen molar-refractivity contribution < 1.29 is 9.15 Å². The van der Waals surface area contributed by atoms with Crippen LogP contribution in [-0.2, 0) is 0 Å². The van der Waals surface area contributed by atoms with E-state index in [4.69, 9.17) is 9.15 Å². The van der Waals surface area contributed by atoms with Gasteiger partial charge in [-0.25, -0.2) is 4.68 Å². The lowest BCUT2D eigenvalue weighted by atomic mass is 10.2. The summed E-state index contributed by atoms with van der Waals surface area (Å²) in [6.45, 7) is 2.71. The maximum absolute atomic E-state index is 5.49. The summed E-state index contributed by atoms with van der Waals surface area (Å²) in [5.41, 5.74) is 1.87. The Hall–Kier alpha value is -2.60. The van der Waals surface area contributed by atoms with Gasteiger partial charge < -0.3 is 9.15 Å². The molecule has 1 aromatic carbocycles. The first-order valence-corrected chi connectivity index (χ1v) is 8.13. The average molecular weight is 327 g/mol. The number of hydrogen-bond donors (Lipinski definition) is 0. The smallest absolute Gasteiger partial charge is 0.206 e. The molecule has 0 aliphatic carbocycles. The van der Waals surface area contributed by atoms with E-state index in [1.54, 1.807) is 35.6 Å². The third-order valence-corrected chi connectivity index (χ3v) is 4.04. The van der Waals surface area contributed by atoms with Gasteiger partial charge in [-0.1, -0.05) is 0 Å². The minimum absolute atomic E-state index is 0.705. The van der Waals surface area contributed by atoms with E-state index in [1.165, 1.54) is 0 Å². The summed E-state index contributed by atoms with van der Waals surface area (Å²) in [5, 5.41) is 6.57. The molecule has 0 aliphatic rings. The highest BCUT2D eigenvalue weighted by atomic mass is 32.1. The molecule has 0 bridgehead atoms. The molecule has 0 spiro atoms. The average Bonchev–Trinajstić information content (AvgIpc) is 3.23. The van der Waals surface area contributed by atoms with Gasteiger partial charge in [0.1, 0.15) is 11.4 Å². The van der Waals surface area contributed by atoms with E-state index in [0.717, 1.165) is 27.6 Å². The van der Waals surface area contributed by atoms with E-state index >= 15 is 0 Å². The molecular weight excluding hydrogens is 310 g/mol. The van der Waals surface area contributed by atoms with Gasteiger partial charge in [-0.05, 0) is 48.9 Å². The highest BCUT2D eigenvalue weighted by Gasteiger charge is 2.09. The van der Waals surface area contributed by atoms with Gasteiger partial charge in [0.25, 0.3) is 0 Å². The Morgan fingerprint density at radius 1 is 1.26 bits per heavy atom. The fraction of sp³-hybridized carbons (Fsp3) is 0.176. The number of benzene rings is 1. The monoisotopic (exact) mass is 327 g/mol. The van der Waals surface area contributed by atoms with Crippen LogP contribution in [0.2, 0.25) is 0 Å². The second-order valence-corrected chi connectivity index (χ2v) is 5.52. The Bertz CT molecular complexity index is 843. The van der Waals surface area contributed by atoms with Crippen molar-refractivity contribution in [3.05, 3.63) is 58.4 Å². The summed E-state index contributed by atoms with van der Waals surface area (Å²) in [7, 11) is 1.65. The van der Waals surface area contributed by atoms with E-state index in [2.05, 4.69) is 10.1 Å². The van der Waals surface area contributed by atoms with E-state index in [9.17, 15) is 0 Å². The van der Waals surface area contributed by atoms with E-state index in [1.807, 2.05) is 48.7 Å². The molecule has 118 valence electrons. The van der Waals surface area contributed by atoms with Crippen LogP contribution in [0.4, 0.5) is 0 Å². The van der Waals surface area contributed by atoms with Crippen molar-refractivity contribution >= 4 is 17.6 Å². The molecule has 0 amide bonds. The van der Waals surface area contributed by atoms with Crippen LogP contribution >= 0.6 is 11.3 Å². The number of thiazole rings is 1. The third kappa shape index (κ3) is 3.43. The van der Waals surface area contributed by atoms with Crippen molar-refractivity contribution in [1.82, 2.24) is 4.68 Å². The Morgan fingerprint density at radius 3 is 2.74 bits per heavy atom. The molecule has 2 heterocycles. The molecule has 5 nitrogen and oxygen atoms in total. The van der Waals surface area contributed by atoms with Crippen LogP contribution < -0.4 is 9.54 Å². The molecule has 0 saturated carbocycles. The number of rotatable bonds is 5. The van der Waals surface area contributed by atoms with Gasteiger partial charge >= 0.3 is 0 Å². The van der Waals surface area contributed by atoms with Crippen LogP contribution in [-0.4, -0.2) is 24.5 Å². The topological polar surface area (TPSA) is 52.0 Å². The Kier molecular flexibility index (Phi) is 4.73. The second-order valence-electron chi connectivity index (χ2n) is 4.68. The predicted octanol–water partition coefficient (Wildman–Crippen LogP) is 3.62. The van der Waals surface area contributed by atoms with Gasteiger partial charge in [0.2, 0.25) is 4.80 Å². The molecule has 23 heavy (non-hydrogen) atoms. The molecule has 3 rings (SSSR count). The van der Waals surface area contributed by atoms with Gasteiger partial charge in [-0.15, -0.1) is 11.3 Å². The van der Waals surface area contributed by atoms with Crippen LogP contribution in [0, 0.1) is 0 Å². The summed E-state index contributed by atoms with van der Waals surface area (Å²) in [4.78, 5) is 5.32. The first-order valence-electron chi connectivity index (χ1n) is 7.25. The largest absolute Gasteiger partial charge is 0.497 e. The first-order chi connectivity index (χ1) is 11.3. The van der Waals surface area contributed by atoms with Crippen molar-refractivity contribution in [2.75, 3.05) is 13.7 Å². The molecule has 6 heteroatoms. The zero-order valence-corrected chi connectivity index (χ0v) is 13.8. The maximum atomic E-state index is 5.49. The molecule has 0 fully saturated rings. The number of ether oxygens (including phenoxy) is 1. The number of methoxy groups -OCH3 is 1. The lowest BCUT2D eigenvalue weighted by Gasteiger charge is -2.01. The fourth-order valence-corrected chi connectivity index (χ4v) is 2.95. The van der Waals surface area contributed by atoms with Crippen molar-refractivity contribution in [2.24, 2.45) is 10.1 Å². The molecule has 3 aromatic rings. The lowest BCUT2D eigenvalue weighted by Crippen LogP contribution is -2.12. The molecule has 0 atom stereocenters. The van der Waals surface area contributed by atoms with Crippen molar-refractivity contribution in [1.29, 1.82) is 0 Å². The number of hydrogen-bond acceptors (Lipinski definition) is 5. The summed E-state index contributed by atoms with van der Waals surface area (Å²) < 4.78 is 12.5. The van der Waals surface area contributed by atoms with Crippen LogP contribution in [0.15, 0.2) is 62.6 Å². The fourth-order valence-electron chi connectivity index (χ4n) is 2.06.